The van der Waals surface area contributed by atoms with Gasteiger partial charge in [-0.3, -0.25) is 0 Å². The lowest BCUT2D eigenvalue weighted by Crippen LogP contribution is -2.20. The molecule has 15 heavy (non-hydrogen) atoms. The first-order valence-corrected chi connectivity index (χ1v) is 6.10. The average Bonchev–Trinajstić information content (AvgIpc) is 2.23. The van der Waals surface area contributed by atoms with E-state index in [1.165, 1.54) is 6.07 Å². The zero-order chi connectivity index (χ0) is 11.4. The van der Waals surface area contributed by atoms with Crippen LogP contribution in [0, 0.1) is 11.7 Å². The van der Waals surface area contributed by atoms with Crippen molar-refractivity contribution in [3.63, 3.8) is 0 Å². The van der Waals surface area contributed by atoms with E-state index in [1.807, 2.05) is 6.07 Å². The smallest absolute Gasteiger partial charge is 0.137 e. The molecule has 0 saturated heterocycles. The van der Waals surface area contributed by atoms with Crippen LogP contribution in [0.4, 0.5) is 4.39 Å². The molecule has 0 spiro atoms. The van der Waals surface area contributed by atoms with Crippen LogP contribution in [-0.4, -0.2) is 0 Å². The molecule has 3 heteroatoms. The predicted molar refractivity (Wildman–Crippen MR) is 65.1 cm³/mol. The Labute approximate surface area is 99.0 Å². The molecule has 2 N–H and O–H groups in total. The van der Waals surface area contributed by atoms with Gasteiger partial charge >= 0.3 is 0 Å². The fourth-order valence-electron chi connectivity index (χ4n) is 1.79. The van der Waals surface area contributed by atoms with Crippen LogP contribution in [0.2, 0.25) is 0 Å². The maximum atomic E-state index is 13.3. The molecule has 1 unspecified atom stereocenters. The maximum absolute atomic E-state index is 13.3. The third-order valence-corrected chi connectivity index (χ3v) is 3.53. The van der Waals surface area contributed by atoms with Gasteiger partial charge in [-0.05, 0) is 39.5 Å². The monoisotopic (exact) mass is 273 g/mol. The fraction of sp³-hybridized carbons (Fsp3) is 0.500. The molecular formula is C12H17BrFN. The van der Waals surface area contributed by atoms with Gasteiger partial charge in [0.25, 0.3) is 0 Å². The molecule has 0 aromatic heterocycles. The van der Waals surface area contributed by atoms with Crippen LogP contribution in [0.25, 0.3) is 0 Å². The first-order chi connectivity index (χ1) is 7.10. The van der Waals surface area contributed by atoms with Crippen LogP contribution < -0.4 is 5.73 Å². The minimum Gasteiger partial charge on any atom is -0.324 e. The van der Waals surface area contributed by atoms with Crippen molar-refractivity contribution in [3.8, 4) is 0 Å². The van der Waals surface area contributed by atoms with Gasteiger partial charge in [-0.1, -0.05) is 32.8 Å². The van der Waals surface area contributed by atoms with E-state index < -0.39 is 0 Å². The molecule has 0 radical (unpaired) electrons. The standard InChI is InChI=1S/C12H17BrFN/c1-3-8(4-2)12(15)9-5-6-10(13)11(14)7-9/h5-8,12H,3-4,15H2,1-2H3. The van der Waals surface area contributed by atoms with Gasteiger partial charge in [-0.15, -0.1) is 0 Å². The number of halogens is 2. The normalized spacial score (nSPS) is 13.2. The molecule has 1 aromatic carbocycles. The van der Waals surface area contributed by atoms with Crippen LogP contribution in [0.15, 0.2) is 22.7 Å². The second-order valence-electron chi connectivity index (χ2n) is 3.78. The number of rotatable bonds is 4. The zero-order valence-electron chi connectivity index (χ0n) is 9.13. The SMILES string of the molecule is CCC(CC)C(N)c1ccc(Br)c(F)c1. The molecule has 0 fully saturated rings. The largest absolute Gasteiger partial charge is 0.324 e. The summed E-state index contributed by atoms with van der Waals surface area (Å²) in [4.78, 5) is 0. The summed E-state index contributed by atoms with van der Waals surface area (Å²) in [5, 5.41) is 0. The Kier molecular flexibility index (Phi) is 4.74. The van der Waals surface area contributed by atoms with Crippen molar-refractivity contribution in [2.45, 2.75) is 32.7 Å². The Balaban J connectivity index is 2.90. The third kappa shape index (κ3) is 3.02. The number of nitrogens with two attached hydrogens (primary N) is 1. The van der Waals surface area contributed by atoms with Crippen molar-refractivity contribution in [3.05, 3.63) is 34.1 Å². The van der Waals surface area contributed by atoms with Gasteiger partial charge in [0.05, 0.1) is 4.47 Å². The molecule has 0 saturated carbocycles. The van der Waals surface area contributed by atoms with E-state index in [4.69, 9.17) is 5.73 Å². The van der Waals surface area contributed by atoms with Crippen LogP contribution in [0.3, 0.4) is 0 Å². The van der Waals surface area contributed by atoms with Gasteiger partial charge in [0.1, 0.15) is 5.82 Å². The highest BCUT2D eigenvalue weighted by atomic mass is 79.9. The Morgan fingerprint density at radius 1 is 1.33 bits per heavy atom. The van der Waals surface area contributed by atoms with Gasteiger partial charge in [-0.25, -0.2) is 4.39 Å². The second-order valence-corrected chi connectivity index (χ2v) is 4.63. The first-order valence-electron chi connectivity index (χ1n) is 5.30. The molecule has 1 nitrogen and oxygen atoms in total. The average molecular weight is 274 g/mol. The van der Waals surface area contributed by atoms with E-state index in [-0.39, 0.29) is 11.9 Å². The van der Waals surface area contributed by atoms with E-state index in [9.17, 15) is 4.39 Å². The van der Waals surface area contributed by atoms with Crippen LogP contribution in [0.1, 0.15) is 38.3 Å². The van der Waals surface area contributed by atoms with E-state index in [0.29, 0.717) is 10.4 Å². The van der Waals surface area contributed by atoms with Crippen molar-refractivity contribution in [2.75, 3.05) is 0 Å². The molecule has 0 aliphatic rings. The van der Waals surface area contributed by atoms with Gasteiger partial charge in [0, 0.05) is 6.04 Å². The minimum absolute atomic E-state index is 0.0670. The van der Waals surface area contributed by atoms with Crippen LogP contribution in [0.5, 0.6) is 0 Å². The summed E-state index contributed by atoms with van der Waals surface area (Å²) >= 11 is 3.13. The zero-order valence-corrected chi connectivity index (χ0v) is 10.7. The minimum atomic E-state index is -0.242. The summed E-state index contributed by atoms with van der Waals surface area (Å²) in [5.41, 5.74) is 6.98. The number of hydrogen-bond donors (Lipinski definition) is 1. The van der Waals surface area contributed by atoms with E-state index >= 15 is 0 Å². The fourth-order valence-corrected chi connectivity index (χ4v) is 2.04. The van der Waals surface area contributed by atoms with Gasteiger partial charge in [0.2, 0.25) is 0 Å². The maximum Gasteiger partial charge on any atom is 0.137 e. The van der Waals surface area contributed by atoms with Gasteiger partial charge in [0.15, 0.2) is 0 Å². The summed E-state index contributed by atoms with van der Waals surface area (Å²) < 4.78 is 13.8. The highest BCUT2D eigenvalue weighted by molar-refractivity contribution is 9.10. The Hall–Kier alpha value is -0.410. The molecule has 1 atom stereocenters. The second kappa shape index (κ2) is 5.61. The van der Waals surface area contributed by atoms with Crippen molar-refractivity contribution < 1.29 is 4.39 Å². The topological polar surface area (TPSA) is 26.0 Å². The number of hydrogen-bond acceptors (Lipinski definition) is 1. The lowest BCUT2D eigenvalue weighted by Gasteiger charge is -2.21. The molecule has 0 amide bonds. The van der Waals surface area contributed by atoms with Gasteiger partial charge in [-0.2, -0.15) is 0 Å². The molecular weight excluding hydrogens is 257 g/mol. The molecule has 84 valence electrons. The van der Waals surface area contributed by atoms with Crippen molar-refractivity contribution in [1.29, 1.82) is 0 Å². The molecule has 0 aliphatic heterocycles. The predicted octanol–water partition coefficient (Wildman–Crippen LogP) is 4.02. The molecule has 0 aliphatic carbocycles. The van der Waals surface area contributed by atoms with Crippen molar-refractivity contribution in [1.82, 2.24) is 0 Å². The lowest BCUT2D eigenvalue weighted by molar-refractivity contribution is 0.404. The van der Waals surface area contributed by atoms with Crippen molar-refractivity contribution >= 4 is 15.9 Å². The Morgan fingerprint density at radius 2 is 1.93 bits per heavy atom. The summed E-state index contributed by atoms with van der Waals surface area (Å²) in [6.07, 6.45) is 2.05. The van der Waals surface area contributed by atoms with E-state index in [0.717, 1.165) is 18.4 Å². The lowest BCUT2D eigenvalue weighted by atomic mass is 9.90. The van der Waals surface area contributed by atoms with Crippen molar-refractivity contribution in [2.24, 2.45) is 11.7 Å². The summed E-state index contributed by atoms with van der Waals surface area (Å²) in [6.45, 7) is 4.23. The summed E-state index contributed by atoms with van der Waals surface area (Å²) in [7, 11) is 0. The van der Waals surface area contributed by atoms with Crippen LogP contribution in [-0.2, 0) is 0 Å². The van der Waals surface area contributed by atoms with E-state index in [1.54, 1.807) is 6.07 Å². The van der Waals surface area contributed by atoms with Crippen LogP contribution >= 0.6 is 15.9 Å². The highest BCUT2D eigenvalue weighted by Crippen LogP contribution is 2.27. The molecule has 0 bridgehead atoms. The summed E-state index contributed by atoms with van der Waals surface area (Å²) in [6, 6.07) is 5.05. The number of benzene rings is 1. The molecule has 1 rings (SSSR count). The molecule has 1 aromatic rings. The highest BCUT2D eigenvalue weighted by Gasteiger charge is 2.16. The Bertz CT molecular complexity index is 323. The third-order valence-electron chi connectivity index (χ3n) is 2.89. The molecule has 0 heterocycles. The van der Waals surface area contributed by atoms with Gasteiger partial charge < -0.3 is 5.73 Å². The van der Waals surface area contributed by atoms with E-state index in [2.05, 4.69) is 29.8 Å². The quantitative estimate of drug-likeness (QED) is 0.881. The summed E-state index contributed by atoms with van der Waals surface area (Å²) in [5.74, 6) is 0.180. The Morgan fingerprint density at radius 3 is 2.40 bits per heavy atom. The first kappa shape index (κ1) is 12.7.